The Hall–Kier alpha value is -3.65. The highest BCUT2D eigenvalue weighted by Crippen LogP contribution is 2.28. The number of hydrogen-bond acceptors (Lipinski definition) is 6. The number of aryl methyl sites for hydroxylation is 2. The first-order valence-corrected chi connectivity index (χ1v) is 10.6. The van der Waals surface area contributed by atoms with Gasteiger partial charge in [0.1, 0.15) is 11.6 Å². The molecule has 0 aliphatic carbocycles. The minimum atomic E-state index is -0.161. The van der Waals surface area contributed by atoms with E-state index < -0.39 is 0 Å². The Kier molecular flexibility index (Phi) is 5.14. The smallest absolute Gasteiger partial charge is 0.281 e. The Bertz CT molecular complexity index is 1330. The van der Waals surface area contributed by atoms with Crippen molar-refractivity contribution < 1.29 is 9.47 Å². The number of ether oxygens (including phenoxy) is 2. The Morgan fingerprint density at radius 3 is 2.53 bits per heavy atom. The molecule has 1 saturated heterocycles. The summed E-state index contributed by atoms with van der Waals surface area (Å²) in [5, 5.41) is 5.94. The largest absolute Gasteiger partial charge is 0.497 e. The SMILES string of the molecule is COc1cccc(-n2c(C)c3cnn(-c4ccc(N5CCOCC5)nc4)c(=O)c3c2C)c1. The lowest BCUT2D eigenvalue weighted by molar-refractivity contribution is 0.122. The summed E-state index contributed by atoms with van der Waals surface area (Å²) < 4.78 is 14.3. The molecule has 164 valence electrons. The Morgan fingerprint density at radius 1 is 1.00 bits per heavy atom. The molecule has 0 N–H and O–H groups in total. The summed E-state index contributed by atoms with van der Waals surface area (Å²) in [4.78, 5) is 20.2. The van der Waals surface area contributed by atoms with Crippen LogP contribution < -0.4 is 15.2 Å². The van der Waals surface area contributed by atoms with Crippen LogP contribution in [0.1, 0.15) is 11.4 Å². The highest BCUT2D eigenvalue weighted by Gasteiger charge is 2.19. The molecule has 32 heavy (non-hydrogen) atoms. The zero-order chi connectivity index (χ0) is 22.2. The molecular weight excluding hydrogens is 406 g/mol. The number of rotatable bonds is 4. The van der Waals surface area contributed by atoms with Gasteiger partial charge in [-0.05, 0) is 38.1 Å². The molecule has 5 rings (SSSR count). The van der Waals surface area contributed by atoms with Crippen LogP contribution in [0.2, 0.25) is 0 Å². The number of anilines is 1. The molecule has 0 atom stereocenters. The van der Waals surface area contributed by atoms with Crippen molar-refractivity contribution in [3.05, 3.63) is 70.5 Å². The van der Waals surface area contributed by atoms with E-state index in [9.17, 15) is 4.79 Å². The fourth-order valence-electron chi connectivity index (χ4n) is 4.37. The molecule has 0 amide bonds. The molecule has 8 heteroatoms. The number of hydrogen-bond donors (Lipinski definition) is 0. The Balaban J connectivity index is 1.58. The first kappa shape index (κ1) is 20.3. The van der Waals surface area contributed by atoms with Crippen molar-refractivity contribution in [2.45, 2.75) is 13.8 Å². The van der Waals surface area contributed by atoms with Crippen LogP contribution in [0.15, 0.2) is 53.6 Å². The van der Waals surface area contributed by atoms with Crippen molar-refractivity contribution in [2.24, 2.45) is 0 Å². The van der Waals surface area contributed by atoms with Crippen molar-refractivity contribution >= 4 is 16.6 Å². The summed E-state index contributed by atoms with van der Waals surface area (Å²) in [5.41, 5.74) is 3.25. The van der Waals surface area contributed by atoms with Gasteiger partial charge in [0.15, 0.2) is 0 Å². The van der Waals surface area contributed by atoms with Crippen LogP contribution in [0.5, 0.6) is 5.75 Å². The molecule has 4 aromatic rings. The van der Waals surface area contributed by atoms with Gasteiger partial charge in [0.25, 0.3) is 5.56 Å². The molecule has 0 spiro atoms. The van der Waals surface area contributed by atoms with E-state index in [1.807, 2.05) is 50.2 Å². The maximum atomic E-state index is 13.5. The van der Waals surface area contributed by atoms with Gasteiger partial charge in [-0.3, -0.25) is 4.79 Å². The fourth-order valence-corrected chi connectivity index (χ4v) is 4.37. The lowest BCUT2D eigenvalue weighted by Gasteiger charge is -2.27. The van der Waals surface area contributed by atoms with E-state index in [0.29, 0.717) is 24.3 Å². The highest BCUT2D eigenvalue weighted by molar-refractivity contribution is 5.88. The van der Waals surface area contributed by atoms with Crippen LogP contribution in [-0.2, 0) is 4.74 Å². The number of aromatic nitrogens is 4. The standard InChI is InChI=1S/C24H25N5O3/c1-16-21-15-26-29(19-7-8-22(25-14-19)27-9-11-32-12-10-27)24(30)23(21)17(2)28(16)18-5-4-6-20(13-18)31-3/h4-8,13-15H,9-12H2,1-3H3. The van der Waals surface area contributed by atoms with E-state index in [0.717, 1.165) is 47.1 Å². The zero-order valence-corrected chi connectivity index (χ0v) is 18.4. The molecule has 1 aliphatic rings. The van der Waals surface area contributed by atoms with Gasteiger partial charge in [-0.1, -0.05) is 6.07 Å². The molecule has 4 heterocycles. The Morgan fingerprint density at radius 2 is 1.81 bits per heavy atom. The highest BCUT2D eigenvalue weighted by atomic mass is 16.5. The predicted octanol–water partition coefficient (Wildman–Crippen LogP) is 3.03. The van der Waals surface area contributed by atoms with Crippen molar-refractivity contribution in [3.8, 4) is 17.1 Å². The van der Waals surface area contributed by atoms with Gasteiger partial charge in [0.05, 0.1) is 43.8 Å². The maximum absolute atomic E-state index is 13.5. The summed E-state index contributed by atoms with van der Waals surface area (Å²) in [6, 6.07) is 11.6. The molecule has 3 aromatic heterocycles. The minimum absolute atomic E-state index is 0.161. The van der Waals surface area contributed by atoms with Crippen LogP contribution in [0.4, 0.5) is 5.82 Å². The van der Waals surface area contributed by atoms with Crippen LogP contribution in [0.25, 0.3) is 22.1 Å². The lowest BCUT2D eigenvalue weighted by atomic mass is 10.2. The monoisotopic (exact) mass is 431 g/mol. The van der Waals surface area contributed by atoms with Crippen LogP contribution in [0, 0.1) is 13.8 Å². The van der Waals surface area contributed by atoms with Crippen LogP contribution >= 0.6 is 0 Å². The van der Waals surface area contributed by atoms with Gasteiger partial charge in [0.2, 0.25) is 0 Å². The zero-order valence-electron chi connectivity index (χ0n) is 18.4. The van der Waals surface area contributed by atoms with Crippen LogP contribution in [-0.4, -0.2) is 52.7 Å². The van der Waals surface area contributed by atoms with Crippen molar-refractivity contribution in [1.82, 2.24) is 19.3 Å². The van der Waals surface area contributed by atoms with Gasteiger partial charge >= 0.3 is 0 Å². The van der Waals surface area contributed by atoms with E-state index in [-0.39, 0.29) is 5.56 Å². The van der Waals surface area contributed by atoms with Gasteiger partial charge in [-0.2, -0.15) is 9.78 Å². The molecule has 1 fully saturated rings. The van der Waals surface area contributed by atoms with E-state index in [4.69, 9.17) is 9.47 Å². The van der Waals surface area contributed by atoms with E-state index in [1.165, 1.54) is 4.68 Å². The topological polar surface area (TPSA) is 74.4 Å². The second-order valence-electron chi connectivity index (χ2n) is 7.83. The second-order valence-corrected chi connectivity index (χ2v) is 7.83. The quantitative estimate of drug-likeness (QED) is 0.495. The summed E-state index contributed by atoms with van der Waals surface area (Å²) in [5.74, 6) is 1.64. The van der Waals surface area contributed by atoms with Crippen LogP contribution in [0.3, 0.4) is 0 Å². The number of fused-ring (bicyclic) bond motifs is 1. The first-order valence-electron chi connectivity index (χ1n) is 10.6. The Labute approximate surface area is 185 Å². The lowest BCUT2D eigenvalue weighted by Crippen LogP contribution is -2.36. The third-order valence-corrected chi connectivity index (χ3v) is 6.02. The minimum Gasteiger partial charge on any atom is -0.497 e. The molecule has 0 radical (unpaired) electrons. The summed E-state index contributed by atoms with van der Waals surface area (Å²) in [6.07, 6.45) is 3.46. The number of methoxy groups -OCH3 is 1. The number of pyridine rings is 1. The average molecular weight is 431 g/mol. The summed E-state index contributed by atoms with van der Waals surface area (Å²) in [6.45, 7) is 6.98. The summed E-state index contributed by atoms with van der Waals surface area (Å²) >= 11 is 0. The third kappa shape index (κ3) is 3.33. The second kappa shape index (κ2) is 8.12. The molecule has 0 bridgehead atoms. The fraction of sp³-hybridized carbons (Fsp3) is 0.292. The van der Waals surface area contributed by atoms with Crippen molar-refractivity contribution in [1.29, 1.82) is 0 Å². The molecule has 1 aromatic carbocycles. The van der Waals surface area contributed by atoms with E-state index in [2.05, 4.69) is 19.5 Å². The van der Waals surface area contributed by atoms with Crippen molar-refractivity contribution in [3.63, 3.8) is 0 Å². The molecule has 0 saturated carbocycles. The first-order chi connectivity index (χ1) is 15.6. The molecule has 1 aliphatic heterocycles. The number of nitrogens with zero attached hydrogens (tertiary/aromatic N) is 5. The number of benzene rings is 1. The number of morpholine rings is 1. The maximum Gasteiger partial charge on any atom is 0.281 e. The third-order valence-electron chi connectivity index (χ3n) is 6.02. The van der Waals surface area contributed by atoms with Crippen molar-refractivity contribution in [2.75, 3.05) is 38.3 Å². The van der Waals surface area contributed by atoms with E-state index >= 15 is 0 Å². The molecular formula is C24H25N5O3. The molecule has 0 unspecified atom stereocenters. The van der Waals surface area contributed by atoms with Gasteiger partial charge in [-0.25, -0.2) is 4.98 Å². The normalized spacial score (nSPS) is 14.2. The van der Waals surface area contributed by atoms with Gasteiger partial charge < -0.3 is 18.9 Å². The van der Waals surface area contributed by atoms with Gasteiger partial charge in [-0.15, -0.1) is 0 Å². The summed E-state index contributed by atoms with van der Waals surface area (Å²) in [7, 11) is 1.64. The molecule has 8 nitrogen and oxygen atoms in total. The van der Waals surface area contributed by atoms with E-state index in [1.54, 1.807) is 19.5 Å². The predicted molar refractivity (Wildman–Crippen MR) is 124 cm³/mol. The van der Waals surface area contributed by atoms with Gasteiger partial charge in [0, 0.05) is 41.6 Å². The average Bonchev–Trinajstić information content (AvgIpc) is 3.10.